The van der Waals surface area contributed by atoms with Crippen LogP contribution in [0, 0.1) is 0 Å². The van der Waals surface area contributed by atoms with Crippen LogP contribution < -0.4 is 5.32 Å². The number of aryl methyl sites for hydroxylation is 2. The SMILES string of the molecule is CCc1nc2ccccc2n1CCCC(C)(CO)NC. The van der Waals surface area contributed by atoms with E-state index in [9.17, 15) is 5.11 Å². The summed E-state index contributed by atoms with van der Waals surface area (Å²) in [5, 5.41) is 12.6. The molecule has 0 spiro atoms. The molecule has 1 aromatic heterocycles. The van der Waals surface area contributed by atoms with E-state index in [2.05, 4.69) is 46.9 Å². The Kier molecular flexibility index (Phi) is 4.78. The summed E-state index contributed by atoms with van der Waals surface area (Å²) in [6.45, 7) is 5.30. The topological polar surface area (TPSA) is 50.1 Å². The second-order valence-corrected chi connectivity index (χ2v) is 5.59. The number of aliphatic hydroxyl groups excluding tert-OH is 1. The Morgan fingerprint density at radius 3 is 2.75 bits per heavy atom. The first-order valence-electron chi connectivity index (χ1n) is 7.37. The minimum absolute atomic E-state index is 0.162. The van der Waals surface area contributed by atoms with Gasteiger partial charge in [0.1, 0.15) is 5.82 Å². The van der Waals surface area contributed by atoms with Crippen LogP contribution in [0.5, 0.6) is 0 Å². The van der Waals surface area contributed by atoms with Gasteiger partial charge in [0, 0.05) is 18.5 Å². The van der Waals surface area contributed by atoms with Gasteiger partial charge in [-0.15, -0.1) is 0 Å². The maximum atomic E-state index is 9.43. The zero-order valence-corrected chi connectivity index (χ0v) is 12.7. The summed E-state index contributed by atoms with van der Waals surface area (Å²) in [4.78, 5) is 4.68. The molecule has 1 atom stereocenters. The lowest BCUT2D eigenvalue weighted by Gasteiger charge is -2.26. The summed E-state index contributed by atoms with van der Waals surface area (Å²) in [6.07, 6.45) is 2.90. The molecule has 2 N–H and O–H groups in total. The molecule has 0 radical (unpaired) electrons. The largest absolute Gasteiger partial charge is 0.394 e. The van der Waals surface area contributed by atoms with Gasteiger partial charge in [-0.3, -0.25) is 0 Å². The van der Waals surface area contributed by atoms with Crippen molar-refractivity contribution < 1.29 is 5.11 Å². The highest BCUT2D eigenvalue weighted by atomic mass is 16.3. The molecule has 0 aliphatic heterocycles. The van der Waals surface area contributed by atoms with Crippen LogP contribution >= 0.6 is 0 Å². The third-order valence-corrected chi connectivity index (χ3v) is 4.11. The molecule has 0 saturated heterocycles. The van der Waals surface area contributed by atoms with Gasteiger partial charge < -0.3 is 15.0 Å². The van der Waals surface area contributed by atoms with E-state index in [1.165, 1.54) is 5.52 Å². The molecule has 2 rings (SSSR count). The van der Waals surface area contributed by atoms with Crippen LogP contribution in [0.1, 0.15) is 32.5 Å². The number of rotatable bonds is 7. The van der Waals surface area contributed by atoms with Crippen LogP contribution in [0.4, 0.5) is 0 Å². The molecule has 4 nitrogen and oxygen atoms in total. The van der Waals surface area contributed by atoms with Gasteiger partial charge in [-0.2, -0.15) is 0 Å². The molecule has 0 amide bonds. The smallest absolute Gasteiger partial charge is 0.109 e. The van der Waals surface area contributed by atoms with E-state index in [4.69, 9.17) is 0 Å². The lowest BCUT2D eigenvalue weighted by atomic mass is 9.97. The molecule has 110 valence electrons. The van der Waals surface area contributed by atoms with Crippen molar-refractivity contribution in [3.05, 3.63) is 30.1 Å². The average molecular weight is 275 g/mol. The Balaban J connectivity index is 2.13. The minimum Gasteiger partial charge on any atom is -0.394 e. The number of hydrogen-bond acceptors (Lipinski definition) is 3. The number of aliphatic hydroxyl groups is 1. The first kappa shape index (κ1) is 15.0. The minimum atomic E-state index is -0.192. The lowest BCUT2D eigenvalue weighted by molar-refractivity contribution is 0.170. The zero-order chi connectivity index (χ0) is 14.6. The molecule has 0 saturated carbocycles. The highest BCUT2D eigenvalue weighted by molar-refractivity contribution is 5.75. The van der Waals surface area contributed by atoms with E-state index < -0.39 is 0 Å². The maximum absolute atomic E-state index is 9.43. The Labute approximate surface area is 120 Å². The van der Waals surface area contributed by atoms with E-state index in [0.29, 0.717) is 0 Å². The summed E-state index contributed by atoms with van der Waals surface area (Å²) >= 11 is 0. The molecule has 1 unspecified atom stereocenters. The zero-order valence-electron chi connectivity index (χ0n) is 12.7. The van der Waals surface area contributed by atoms with Crippen molar-refractivity contribution in [1.82, 2.24) is 14.9 Å². The van der Waals surface area contributed by atoms with E-state index in [1.807, 2.05) is 13.1 Å². The maximum Gasteiger partial charge on any atom is 0.109 e. The van der Waals surface area contributed by atoms with E-state index in [1.54, 1.807) is 0 Å². The van der Waals surface area contributed by atoms with Gasteiger partial charge in [-0.25, -0.2) is 4.98 Å². The third kappa shape index (κ3) is 3.02. The molecular formula is C16H25N3O. The number of likely N-dealkylation sites (N-methyl/N-ethyl adjacent to an activating group) is 1. The molecule has 4 heteroatoms. The quantitative estimate of drug-likeness (QED) is 0.815. The number of nitrogens with zero attached hydrogens (tertiary/aromatic N) is 2. The Morgan fingerprint density at radius 1 is 1.35 bits per heavy atom. The summed E-state index contributed by atoms with van der Waals surface area (Å²) in [7, 11) is 1.90. The number of benzene rings is 1. The normalized spacial score (nSPS) is 14.6. The van der Waals surface area contributed by atoms with Crippen molar-refractivity contribution >= 4 is 11.0 Å². The second-order valence-electron chi connectivity index (χ2n) is 5.59. The third-order valence-electron chi connectivity index (χ3n) is 4.11. The highest BCUT2D eigenvalue weighted by Crippen LogP contribution is 2.19. The molecule has 1 heterocycles. The second kappa shape index (κ2) is 6.37. The molecular weight excluding hydrogens is 250 g/mol. The summed E-state index contributed by atoms with van der Waals surface area (Å²) in [5.41, 5.74) is 2.09. The van der Waals surface area contributed by atoms with Gasteiger partial charge in [0.25, 0.3) is 0 Å². The van der Waals surface area contributed by atoms with E-state index >= 15 is 0 Å². The predicted molar refractivity (Wildman–Crippen MR) is 82.9 cm³/mol. The van der Waals surface area contributed by atoms with Crippen molar-refractivity contribution in [3.8, 4) is 0 Å². The molecule has 20 heavy (non-hydrogen) atoms. The van der Waals surface area contributed by atoms with E-state index in [-0.39, 0.29) is 12.1 Å². The average Bonchev–Trinajstić information content (AvgIpc) is 2.85. The number of nitrogens with one attached hydrogen (secondary N) is 1. The number of imidazole rings is 1. The fourth-order valence-electron chi connectivity index (χ4n) is 2.56. The Bertz CT molecular complexity index is 558. The van der Waals surface area contributed by atoms with Gasteiger partial charge in [-0.1, -0.05) is 19.1 Å². The molecule has 1 aromatic carbocycles. The van der Waals surface area contributed by atoms with Crippen molar-refractivity contribution in [2.45, 2.75) is 45.2 Å². The van der Waals surface area contributed by atoms with Gasteiger partial charge in [0.2, 0.25) is 0 Å². The van der Waals surface area contributed by atoms with Crippen LogP contribution in [0.2, 0.25) is 0 Å². The molecule has 0 aliphatic carbocycles. The summed E-state index contributed by atoms with van der Waals surface area (Å²) in [6, 6.07) is 8.29. The first-order chi connectivity index (χ1) is 9.63. The van der Waals surface area contributed by atoms with Gasteiger partial charge >= 0.3 is 0 Å². The fourth-order valence-corrected chi connectivity index (χ4v) is 2.56. The molecule has 0 aliphatic rings. The van der Waals surface area contributed by atoms with Crippen molar-refractivity contribution in [1.29, 1.82) is 0 Å². The monoisotopic (exact) mass is 275 g/mol. The van der Waals surface area contributed by atoms with Crippen molar-refractivity contribution in [2.24, 2.45) is 0 Å². The van der Waals surface area contributed by atoms with Crippen LogP contribution in [0.25, 0.3) is 11.0 Å². The van der Waals surface area contributed by atoms with E-state index in [0.717, 1.165) is 37.1 Å². The van der Waals surface area contributed by atoms with Gasteiger partial charge in [0.15, 0.2) is 0 Å². The number of para-hydroxylation sites is 2. The standard InChI is InChI=1S/C16H25N3O/c1-4-15-18-13-8-5-6-9-14(13)19(15)11-7-10-16(2,12-20)17-3/h5-6,8-9,17,20H,4,7,10-12H2,1-3H3. The number of aromatic nitrogens is 2. The van der Waals surface area contributed by atoms with Gasteiger partial charge in [-0.05, 0) is 38.9 Å². The lowest BCUT2D eigenvalue weighted by Crippen LogP contribution is -2.43. The molecule has 0 fully saturated rings. The molecule has 2 aromatic rings. The van der Waals surface area contributed by atoms with Crippen LogP contribution in [0.3, 0.4) is 0 Å². The summed E-state index contributed by atoms with van der Waals surface area (Å²) < 4.78 is 2.31. The fraction of sp³-hybridized carbons (Fsp3) is 0.562. The first-order valence-corrected chi connectivity index (χ1v) is 7.37. The van der Waals surface area contributed by atoms with Crippen LogP contribution in [-0.4, -0.2) is 33.9 Å². The van der Waals surface area contributed by atoms with Crippen LogP contribution in [0.15, 0.2) is 24.3 Å². The predicted octanol–water partition coefficient (Wildman–Crippen LogP) is 2.35. The van der Waals surface area contributed by atoms with Gasteiger partial charge in [0.05, 0.1) is 17.6 Å². The van der Waals surface area contributed by atoms with Crippen molar-refractivity contribution in [3.63, 3.8) is 0 Å². The summed E-state index contributed by atoms with van der Waals surface area (Å²) in [5.74, 6) is 1.14. The van der Waals surface area contributed by atoms with Crippen LogP contribution in [-0.2, 0) is 13.0 Å². The number of fused-ring (bicyclic) bond motifs is 1. The Hall–Kier alpha value is -1.39. The number of hydrogen-bond donors (Lipinski definition) is 2. The molecule has 0 bridgehead atoms. The van der Waals surface area contributed by atoms with Crippen molar-refractivity contribution in [2.75, 3.05) is 13.7 Å². The Morgan fingerprint density at radius 2 is 2.10 bits per heavy atom. The highest BCUT2D eigenvalue weighted by Gasteiger charge is 2.20.